The highest BCUT2D eigenvalue weighted by Crippen LogP contribution is 2.42. The fourth-order valence-corrected chi connectivity index (χ4v) is 4.78. The standard InChI is InChI=1S/C28H34N4O5/c1-6-36-20-13-12-19(17-21(20)37-7-2)25-23(27(34)28(35)32(25)16-10-14-30(4)5)26(33)24-18(3)29-22-11-8-9-15-31(22)24/h8-9,11-13,15,17,25,33H,6-7,10,14,16H2,1-5H3/b26-23+. The number of aromatic nitrogens is 2. The second-order valence-electron chi connectivity index (χ2n) is 9.20. The zero-order chi connectivity index (χ0) is 26.7. The number of nitrogens with zero attached hydrogens (tertiary/aromatic N) is 4. The van der Waals surface area contributed by atoms with Gasteiger partial charge in [-0.1, -0.05) is 12.1 Å². The molecule has 0 aliphatic carbocycles. The normalized spacial score (nSPS) is 17.2. The summed E-state index contributed by atoms with van der Waals surface area (Å²) in [4.78, 5) is 34.9. The van der Waals surface area contributed by atoms with E-state index in [0.29, 0.717) is 60.3 Å². The van der Waals surface area contributed by atoms with Crippen LogP contribution in [0.25, 0.3) is 11.4 Å². The van der Waals surface area contributed by atoms with Crippen molar-refractivity contribution in [3.05, 3.63) is 65.1 Å². The zero-order valence-electron chi connectivity index (χ0n) is 22.0. The molecule has 196 valence electrons. The molecule has 2 aromatic heterocycles. The molecule has 1 N–H and O–H groups in total. The van der Waals surface area contributed by atoms with Gasteiger partial charge in [0.1, 0.15) is 11.3 Å². The van der Waals surface area contributed by atoms with Crippen LogP contribution in [-0.4, -0.2) is 76.4 Å². The Morgan fingerprint density at radius 1 is 1.08 bits per heavy atom. The molecule has 4 rings (SSSR count). The van der Waals surface area contributed by atoms with E-state index in [1.165, 1.54) is 0 Å². The Labute approximate surface area is 216 Å². The summed E-state index contributed by atoms with van der Waals surface area (Å²) >= 11 is 0. The van der Waals surface area contributed by atoms with Gasteiger partial charge in [-0.05, 0) is 77.7 Å². The monoisotopic (exact) mass is 506 g/mol. The van der Waals surface area contributed by atoms with Crippen molar-refractivity contribution in [3.8, 4) is 11.5 Å². The molecule has 0 spiro atoms. The lowest BCUT2D eigenvalue weighted by Crippen LogP contribution is -2.32. The van der Waals surface area contributed by atoms with Gasteiger partial charge in [0.15, 0.2) is 17.3 Å². The van der Waals surface area contributed by atoms with Gasteiger partial charge in [-0.2, -0.15) is 0 Å². The van der Waals surface area contributed by atoms with Crippen LogP contribution in [0.2, 0.25) is 0 Å². The van der Waals surface area contributed by atoms with E-state index in [1.54, 1.807) is 34.6 Å². The summed E-state index contributed by atoms with van der Waals surface area (Å²) in [6.45, 7) is 7.53. The van der Waals surface area contributed by atoms with Crippen molar-refractivity contribution >= 4 is 23.1 Å². The highest BCUT2D eigenvalue weighted by atomic mass is 16.5. The molecular weight excluding hydrogens is 472 g/mol. The predicted molar refractivity (Wildman–Crippen MR) is 141 cm³/mol. The van der Waals surface area contributed by atoms with E-state index in [2.05, 4.69) is 4.98 Å². The van der Waals surface area contributed by atoms with E-state index < -0.39 is 17.7 Å². The van der Waals surface area contributed by atoms with Crippen molar-refractivity contribution in [1.82, 2.24) is 19.2 Å². The number of aliphatic hydroxyl groups is 1. The second kappa shape index (κ2) is 11.0. The van der Waals surface area contributed by atoms with Crippen LogP contribution >= 0.6 is 0 Å². The van der Waals surface area contributed by atoms with Crippen LogP contribution in [0.5, 0.6) is 11.5 Å². The molecule has 1 unspecified atom stereocenters. The first-order valence-electron chi connectivity index (χ1n) is 12.5. The average Bonchev–Trinajstić information content (AvgIpc) is 3.33. The minimum Gasteiger partial charge on any atom is -0.505 e. The van der Waals surface area contributed by atoms with E-state index in [1.807, 2.05) is 57.1 Å². The van der Waals surface area contributed by atoms with Crippen LogP contribution in [0.4, 0.5) is 0 Å². The number of aryl methyl sites for hydroxylation is 1. The number of carbonyl (C=O) groups excluding carboxylic acids is 2. The Bertz CT molecular complexity index is 1340. The van der Waals surface area contributed by atoms with Gasteiger partial charge in [0.05, 0.1) is 30.5 Å². The van der Waals surface area contributed by atoms with Gasteiger partial charge < -0.3 is 24.4 Å². The Morgan fingerprint density at radius 2 is 1.81 bits per heavy atom. The molecule has 0 bridgehead atoms. The minimum atomic E-state index is -0.786. The Hall–Kier alpha value is -3.85. The Morgan fingerprint density at radius 3 is 2.51 bits per heavy atom. The van der Waals surface area contributed by atoms with Gasteiger partial charge in [-0.25, -0.2) is 4.98 Å². The number of pyridine rings is 1. The van der Waals surface area contributed by atoms with Crippen LogP contribution in [0.15, 0.2) is 48.2 Å². The molecule has 1 aromatic carbocycles. The molecule has 0 saturated carbocycles. The SMILES string of the molecule is CCOc1ccc(C2/C(=C(\O)c3c(C)nc4ccccn34)C(=O)C(=O)N2CCCN(C)C)cc1OCC. The van der Waals surface area contributed by atoms with Crippen molar-refractivity contribution in [3.63, 3.8) is 0 Å². The Kier molecular flexibility index (Phi) is 7.83. The number of hydrogen-bond acceptors (Lipinski definition) is 7. The van der Waals surface area contributed by atoms with Crippen molar-refractivity contribution < 1.29 is 24.2 Å². The first-order chi connectivity index (χ1) is 17.8. The van der Waals surface area contributed by atoms with Crippen LogP contribution < -0.4 is 9.47 Å². The summed E-state index contributed by atoms with van der Waals surface area (Å²) in [5.74, 6) is -0.503. The van der Waals surface area contributed by atoms with E-state index in [0.717, 1.165) is 6.54 Å². The van der Waals surface area contributed by atoms with Gasteiger partial charge in [-0.3, -0.25) is 14.0 Å². The molecule has 1 fully saturated rings. The van der Waals surface area contributed by atoms with Crippen molar-refractivity contribution in [2.75, 3.05) is 40.4 Å². The number of rotatable bonds is 10. The number of ketones is 1. The summed E-state index contributed by atoms with van der Waals surface area (Å²) in [7, 11) is 3.92. The van der Waals surface area contributed by atoms with E-state index in [9.17, 15) is 14.7 Å². The van der Waals surface area contributed by atoms with Crippen LogP contribution in [0, 0.1) is 6.92 Å². The molecule has 3 aromatic rings. The quantitative estimate of drug-likeness (QED) is 0.254. The maximum atomic E-state index is 13.5. The van der Waals surface area contributed by atoms with E-state index in [-0.39, 0.29) is 11.3 Å². The molecule has 1 saturated heterocycles. The molecule has 1 aliphatic rings. The molecule has 9 heteroatoms. The molecule has 1 amide bonds. The number of fused-ring (bicyclic) bond motifs is 1. The molecule has 3 heterocycles. The lowest BCUT2D eigenvalue weighted by atomic mass is 9.95. The number of hydrogen-bond donors (Lipinski definition) is 1. The van der Waals surface area contributed by atoms with Crippen LogP contribution in [-0.2, 0) is 9.59 Å². The fourth-order valence-electron chi connectivity index (χ4n) is 4.78. The molecule has 1 aliphatic heterocycles. The van der Waals surface area contributed by atoms with Gasteiger partial charge in [0.2, 0.25) is 0 Å². The largest absolute Gasteiger partial charge is 0.505 e. The maximum absolute atomic E-state index is 13.5. The highest BCUT2D eigenvalue weighted by molar-refractivity contribution is 6.46. The molecular formula is C28H34N4O5. The molecule has 0 radical (unpaired) electrons. The Balaban J connectivity index is 1.90. The third-order valence-corrected chi connectivity index (χ3v) is 6.36. The summed E-state index contributed by atoms with van der Waals surface area (Å²) in [5.41, 5.74) is 2.28. The zero-order valence-corrected chi connectivity index (χ0v) is 22.0. The number of Topliss-reactive ketones (excluding diaryl/α,β-unsaturated/α-hetero) is 1. The van der Waals surface area contributed by atoms with Crippen LogP contribution in [0.1, 0.15) is 43.3 Å². The lowest BCUT2D eigenvalue weighted by molar-refractivity contribution is -0.139. The molecule has 37 heavy (non-hydrogen) atoms. The number of aliphatic hydroxyl groups excluding tert-OH is 1. The number of ether oxygens (including phenoxy) is 2. The number of carbonyl (C=O) groups is 2. The van der Waals surface area contributed by atoms with Gasteiger partial charge >= 0.3 is 0 Å². The second-order valence-corrected chi connectivity index (χ2v) is 9.20. The maximum Gasteiger partial charge on any atom is 0.295 e. The first kappa shape index (κ1) is 26.2. The van der Waals surface area contributed by atoms with Crippen molar-refractivity contribution in [2.45, 2.75) is 33.2 Å². The number of benzene rings is 1. The summed E-state index contributed by atoms with van der Waals surface area (Å²) in [6.07, 6.45) is 2.44. The molecule has 1 atom stereocenters. The van der Waals surface area contributed by atoms with Gasteiger partial charge in [-0.15, -0.1) is 0 Å². The number of likely N-dealkylation sites (tertiary alicyclic amines) is 1. The third kappa shape index (κ3) is 5.04. The summed E-state index contributed by atoms with van der Waals surface area (Å²) in [5, 5.41) is 11.6. The number of imidazole rings is 1. The van der Waals surface area contributed by atoms with E-state index >= 15 is 0 Å². The summed E-state index contributed by atoms with van der Waals surface area (Å²) in [6, 6.07) is 10.1. The minimum absolute atomic E-state index is 0.0372. The topological polar surface area (TPSA) is 96.6 Å². The van der Waals surface area contributed by atoms with Gasteiger partial charge in [0.25, 0.3) is 11.7 Å². The van der Waals surface area contributed by atoms with Crippen molar-refractivity contribution in [2.24, 2.45) is 0 Å². The average molecular weight is 507 g/mol. The fraction of sp³-hybridized carbons (Fsp3) is 0.393. The van der Waals surface area contributed by atoms with Crippen molar-refractivity contribution in [1.29, 1.82) is 0 Å². The lowest BCUT2D eigenvalue weighted by Gasteiger charge is -2.26. The number of amides is 1. The van der Waals surface area contributed by atoms with Crippen LogP contribution in [0.3, 0.4) is 0 Å². The highest BCUT2D eigenvalue weighted by Gasteiger charge is 2.46. The first-order valence-corrected chi connectivity index (χ1v) is 12.5. The third-order valence-electron chi connectivity index (χ3n) is 6.36. The van der Waals surface area contributed by atoms with Gasteiger partial charge in [0, 0.05) is 12.7 Å². The smallest absolute Gasteiger partial charge is 0.295 e. The predicted octanol–water partition coefficient (Wildman–Crippen LogP) is 3.81. The summed E-state index contributed by atoms with van der Waals surface area (Å²) < 4.78 is 13.3. The van der Waals surface area contributed by atoms with E-state index in [4.69, 9.17) is 9.47 Å². The molecule has 9 nitrogen and oxygen atoms in total.